The van der Waals surface area contributed by atoms with Crippen LogP contribution < -0.4 is 70.8 Å². The van der Waals surface area contributed by atoms with Gasteiger partial charge in [0.25, 0.3) is 0 Å². The summed E-state index contributed by atoms with van der Waals surface area (Å²) in [4.78, 5) is 180. The van der Waals surface area contributed by atoms with Crippen LogP contribution in [0.5, 0.6) is 5.75 Å². The Labute approximate surface area is 565 Å². The summed E-state index contributed by atoms with van der Waals surface area (Å²) in [6.45, 7) is 12.3. The van der Waals surface area contributed by atoms with Crippen LogP contribution in [0.2, 0.25) is 0 Å². The number of likely N-dealkylation sites (tertiary alicyclic amines) is 1. The molecule has 1 heterocycles. The highest BCUT2D eigenvalue weighted by molar-refractivity contribution is 8.13. The van der Waals surface area contributed by atoms with Gasteiger partial charge in [0.05, 0.1) is 18.5 Å². The number of primary amides is 2. The largest absolute Gasteiger partial charge is 0.508 e. The third-order valence-electron chi connectivity index (χ3n) is 16.1. The number of phenols is 1. The van der Waals surface area contributed by atoms with Crippen LogP contribution in [-0.4, -0.2) is 172 Å². The fraction of sp³-hybridized carbons (Fsp3) is 0.537. The molecule has 3 aromatic carbocycles. The van der Waals surface area contributed by atoms with Gasteiger partial charge in [-0.1, -0.05) is 133 Å². The topological polar surface area (TPSA) is 458 Å². The number of carbonyl (C=O) groups is 13. The Bertz CT molecular complexity index is 3130. The number of rotatable bonds is 40. The summed E-state index contributed by atoms with van der Waals surface area (Å²) >= 11 is 0.932. The van der Waals surface area contributed by atoms with Crippen LogP contribution in [0.3, 0.4) is 0 Å². The monoisotopic (exact) mass is 1350 g/mol. The molecule has 4 rings (SSSR count). The highest BCUT2D eigenvalue weighted by Gasteiger charge is 2.40. The Morgan fingerprint density at radius 3 is 1.61 bits per heavy atom. The lowest BCUT2D eigenvalue weighted by molar-refractivity contribution is -0.140. The maximum atomic E-state index is 14.6. The van der Waals surface area contributed by atoms with E-state index in [0.29, 0.717) is 17.5 Å². The molecule has 11 atom stereocenters. The second-order valence-electron chi connectivity index (χ2n) is 24.9. The van der Waals surface area contributed by atoms with Gasteiger partial charge in [-0.2, -0.15) is 0 Å². The molecule has 3 aromatic rings. The van der Waals surface area contributed by atoms with Gasteiger partial charge in [0, 0.05) is 45.0 Å². The lowest BCUT2D eigenvalue weighted by Gasteiger charge is -2.30. The van der Waals surface area contributed by atoms with E-state index >= 15 is 0 Å². The summed E-state index contributed by atoms with van der Waals surface area (Å²) in [5.74, 6) is -11.1. The van der Waals surface area contributed by atoms with Gasteiger partial charge in [-0.25, -0.2) is 0 Å². The summed E-state index contributed by atoms with van der Waals surface area (Å²) in [6.07, 6.45) is -0.363. The minimum atomic E-state index is -1.83. The van der Waals surface area contributed by atoms with Crippen molar-refractivity contribution < 1.29 is 67.4 Å². The van der Waals surface area contributed by atoms with Crippen molar-refractivity contribution in [3.05, 3.63) is 102 Å². The molecule has 526 valence electrons. The van der Waals surface area contributed by atoms with Gasteiger partial charge in [0.1, 0.15) is 54.1 Å². The molecule has 96 heavy (non-hydrogen) atoms. The van der Waals surface area contributed by atoms with E-state index in [1.165, 1.54) is 36.1 Å². The zero-order chi connectivity index (χ0) is 71.2. The molecule has 0 radical (unpaired) electrons. The van der Waals surface area contributed by atoms with Gasteiger partial charge in [-0.15, -0.1) is 0 Å². The van der Waals surface area contributed by atoms with Gasteiger partial charge in [0.15, 0.2) is 0 Å². The second-order valence-corrected chi connectivity index (χ2v) is 26.0. The van der Waals surface area contributed by atoms with Crippen molar-refractivity contribution >= 4 is 87.8 Å². The second kappa shape index (κ2) is 40.4. The summed E-state index contributed by atoms with van der Waals surface area (Å²) in [6, 6.07) is 10.1. The van der Waals surface area contributed by atoms with Gasteiger partial charge in [-0.05, 0) is 98.1 Å². The third kappa shape index (κ3) is 27.0. The Balaban J connectivity index is 1.59. The molecule has 12 amide bonds. The molecule has 28 nitrogen and oxygen atoms in total. The first-order valence-electron chi connectivity index (χ1n) is 32.5. The zero-order valence-corrected chi connectivity index (χ0v) is 56.6. The molecule has 0 aliphatic carbocycles. The highest BCUT2D eigenvalue weighted by atomic mass is 32.2. The third-order valence-corrected chi connectivity index (χ3v) is 17.1. The van der Waals surface area contributed by atoms with Crippen LogP contribution in [-0.2, 0) is 81.6 Å². The van der Waals surface area contributed by atoms with Crippen LogP contribution in [0.15, 0.2) is 84.9 Å². The highest BCUT2D eigenvalue weighted by Crippen LogP contribution is 2.22. The van der Waals surface area contributed by atoms with Crippen molar-refractivity contribution in [2.75, 3.05) is 25.4 Å². The first-order chi connectivity index (χ1) is 45.5. The molecular weight excluding hydrogens is 1260 g/mol. The van der Waals surface area contributed by atoms with Gasteiger partial charge in [-0.3, -0.25) is 62.3 Å². The summed E-state index contributed by atoms with van der Waals surface area (Å²) < 4.78 is 0. The van der Waals surface area contributed by atoms with E-state index in [0.717, 1.165) is 17.3 Å². The number of hydrogen-bond acceptors (Lipinski definition) is 17. The molecule has 1 saturated heterocycles. The Hall–Kier alpha value is -8.96. The van der Waals surface area contributed by atoms with Crippen LogP contribution in [0, 0.1) is 17.8 Å². The van der Waals surface area contributed by atoms with Crippen molar-refractivity contribution in [1.29, 1.82) is 0 Å². The maximum absolute atomic E-state index is 14.6. The van der Waals surface area contributed by atoms with Crippen LogP contribution in [0.1, 0.15) is 123 Å². The summed E-state index contributed by atoms with van der Waals surface area (Å²) in [5, 5.41) is 33.6. The lowest BCUT2D eigenvalue weighted by Crippen LogP contribution is -2.62. The van der Waals surface area contributed by atoms with E-state index in [4.69, 9.17) is 22.9 Å². The predicted molar refractivity (Wildman–Crippen MR) is 361 cm³/mol. The van der Waals surface area contributed by atoms with Crippen LogP contribution in [0.25, 0.3) is 0 Å². The Morgan fingerprint density at radius 2 is 1.07 bits per heavy atom. The zero-order valence-electron chi connectivity index (χ0n) is 55.8. The number of thioether (sulfide) groups is 1. The summed E-state index contributed by atoms with van der Waals surface area (Å²) in [7, 11) is 0. The number of nitrogens with two attached hydrogens (primary N) is 4. The molecule has 0 bridgehead atoms. The molecule has 29 heteroatoms. The number of amides is 12. The van der Waals surface area contributed by atoms with E-state index in [1.807, 2.05) is 44.2 Å². The van der Waals surface area contributed by atoms with Crippen molar-refractivity contribution in [1.82, 2.24) is 52.8 Å². The van der Waals surface area contributed by atoms with E-state index in [2.05, 4.69) is 47.9 Å². The average molecular weight is 1360 g/mol. The molecule has 0 unspecified atom stereocenters. The van der Waals surface area contributed by atoms with E-state index in [-0.39, 0.29) is 99.4 Å². The van der Waals surface area contributed by atoms with Crippen LogP contribution >= 0.6 is 11.8 Å². The average Bonchev–Trinajstić information content (AvgIpc) is 1.55. The van der Waals surface area contributed by atoms with Gasteiger partial charge >= 0.3 is 0 Å². The van der Waals surface area contributed by atoms with Gasteiger partial charge < -0.3 is 80.8 Å². The summed E-state index contributed by atoms with van der Waals surface area (Å²) in [5.41, 5.74) is 25.3. The maximum Gasteiger partial charge on any atom is 0.243 e. The van der Waals surface area contributed by atoms with Crippen LogP contribution in [0.4, 0.5) is 0 Å². The van der Waals surface area contributed by atoms with Crippen molar-refractivity contribution in [2.45, 2.75) is 186 Å². The first kappa shape index (κ1) is 79.5. The van der Waals surface area contributed by atoms with E-state index < -0.39 is 156 Å². The minimum absolute atomic E-state index is 0.0389. The molecule has 0 aromatic heterocycles. The molecular formula is C67H98N14O14S. The fourth-order valence-corrected chi connectivity index (χ4v) is 11.4. The molecule has 0 saturated carbocycles. The smallest absolute Gasteiger partial charge is 0.243 e. The number of phenolic OH excluding ortho intramolecular Hbond substituents is 1. The molecule has 1 fully saturated rings. The predicted octanol–water partition coefficient (Wildman–Crippen LogP) is -0.359. The van der Waals surface area contributed by atoms with Gasteiger partial charge in [0.2, 0.25) is 76.0 Å². The fourth-order valence-electron chi connectivity index (χ4n) is 10.7. The quantitative estimate of drug-likeness (QED) is 0.0323. The standard InChI is InChI=1S/C67H98N14O14S/c1-8-40(6)57(80-62(90)50(35-43-19-13-10-14-20-43)76-63(91)53-22-16-31-81(53)66(94)46(69)34-42-17-11-9-12-18-42)65(93)77-51(37-55(71)85)60(88)73-48(27-28-54(70)84)59(87)75-49(36-44-23-25-45(83)26-24-44)61(89)79-56(39(4)5)64(92)74-47(21-15-29-68)58(86)78-52(33-38(2)3)67(95)96-32-30-72-41(7)82/h9-14,17-20,23-26,38-40,46-53,56-57,83H,8,15-16,21-22,27-37,68-69H2,1-7H3,(H2,70,84)(H2,71,85)(H,72,82)(H,73,88)(H,74,92)(H,75,87)(H,76,91)(H,77,93)(H,78,86)(H,79,89)(H,80,90)/t40-,46+,47-,48-,49-,50-,51-,52-,53-,56-,57-/m0/s1. The molecule has 1 aliphatic rings. The molecule has 1 aliphatic heterocycles. The Morgan fingerprint density at radius 1 is 0.583 bits per heavy atom. The van der Waals surface area contributed by atoms with Crippen molar-refractivity contribution in [3.8, 4) is 5.75 Å². The normalized spacial score (nSPS) is 15.9. The van der Waals surface area contributed by atoms with Crippen molar-refractivity contribution in [3.63, 3.8) is 0 Å². The molecule has 18 N–H and O–H groups in total. The number of aromatic hydroxyl groups is 1. The van der Waals surface area contributed by atoms with E-state index in [1.54, 1.807) is 58.0 Å². The van der Waals surface area contributed by atoms with E-state index in [9.17, 15) is 67.4 Å². The number of benzene rings is 3. The molecule has 0 spiro atoms. The number of hydrogen-bond donors (Lipinski definition) is 14. The number of nitrogens with zero attached hydrogens (tertiary/aromatic N) is 1. The minimum Gasteiger partial charge on any atom is -0.508 e. The number of carbonyl (C=O) groups excluding carboxylic acids is 13. The number of nitrogens with one attached hydrogen (secondary N) is 9. The van der Waals surface area contributed by atoms with Crippen molar-refractivity contribution in [2.24, 2.45) is 40.7 Å². The Kier molecular flexibility index (Phi) is 33.5. The lowest BCUT2D eigenvalue weighted by atomic mass is 9.96. The SMILES string of the molecule is CC[C@H](C)[C@H](NC(=O)[C@H](Cc1ccccc1)NC(=O)[C@@H]1CCCN1C(=O)[C@H](N)Cc1ccccc1)C(=O)N[C@@H](CC(N)=O)C(=O)N[C@@H](CCC(N)=O)C(=O)N[C@@H](Cc1ccc(O)cc1)C(=O)N[C@H](C(=O)N[C@@H](CCCN)C(=O)N[C@@H](CC(C)C)C(=O)SCCNC(C)=O)C(C)C. The first-order valence-corrected chi connectivity index (χ1v) is 33.5.